The topological polar surface area (TPSA) is 15.3 Å². The molecule has 88 valence electrons. The second-order valence-electron chi connectivity index (χ2n) is 4.88. The van der Waals surface area contributed by atoms with Crippen LogP contribution in [0.15, 0.2) is 0 Å². The van der Waals surface area contributed by atoms with Gasteiger partial charge in [-0.3, -0.25) is 0 Å². The van der Waals surface area contributed by atoms with Crippen LogP contribution in [-0.4, -0.2) is 49.1 Å². The molecule has 2 fully saturated rings. The summed E-state index contributed by atoms with van der Waals surface area (Å²) < 4.78 is 0. The van der Waals surface area contributed by atoms with E-state index in [0.717, 1.165) is 12.0 Å². The van der Waals surface area contributed by atoms with Crippen LogP contribution in [0.25, 0.3) is 0 Å². The standard InChI is InChI=1S/C12H24N2S/c1-13-10-11-2-6-14(7-3-11)12-4-8-15-9-5-12/h11-13H,2-10H2,1H3. The summed E-state index contributed by atoms with van der Waals surface area (Å²) >= 11 is 2.13. The maximum Gasteiger partial charge on any atom is 0.0111 e. The lowest BCUT2D eigenvalue weighted by Crippen LogP contribution is -2.44. The Morgan fingerprint density at radius 2 is 1.80 bits per heavy atom. The fourth-order valence-electron chi connectivity index (χ4n) is 2.86. The van der Waals surface area contributed by atoms with Crippen molar-refractivity contribution >= 4 is 11.8 Å². The van der Waals surface area contributed by atoms with E-state index in [9.17, 15) is 0 Å². The molecule has 0 aliphatic carbocycles. The van der Waals surface area contributed by atoms with Gasteiger partial charge in [-0.05, 0) is 69.8 Å². The summed E-state index contributed by atoms with van der Waals surface area (Å²) in [6.45, 7) is 3.91. The third-order valence-electron chi connectivity index (χ3n) is 3.85. The molecule has 1 N–H and O–H groups in total. The lowest BCUT2D eigenvalue weighted by Gasteiger charge is -2.39. The molecule has 2 aliphatic heterocycles. The summed E-state index contributed by atoms with van der Waals surface area (Å²) in [5.74, 6) is 3.71. The van der Waals surface area contributed by atoms with E-state index in [2.05, 4.69) is 29.0 Å². The van der Waals surface area contributed by atoms with Crippen LogP contribution >= 0.6 is 11.8 Å². The number of nitrogens with one attached hydrogen (secondary N) is 1. The molecule has 0 radical (unpaired) electrons. The van der Waals surface area contributed by atoms with E-state index in [1.165, 1.54) is 56.8 Å². The van der Waals surface area contributed by atoms with Crippen molar-refractivity contribution < 1.29 is 0 Å². The van der Waals surface area contributed by atoms with Crippen molar-refractivity contribution in [1.29, 1.82) is 0 Å². The minimum Gasteiger partial charge on any atom is -0.319 e. The highest BCUT2D eigenvalue weighted by atomic mass is 32.2. The SMILES string of the molecule is CNCC1CCN(C2CCSCC2)CC1. The Balaban J connectivity index is 1.72. The molecule has 0 aromatic carbocycles. The highest BCUT2D eigenvalue weighted by Crippen LogP contribution is 2.26. The number of hydrogen-bond donors (Lipinski definition) is 1. The minimum atomic E-state index is 0.918. The van der Waals surface area contributed by atoms with Crippen LogP contribution in [-0.2, 0) is 0 Å². The van der Waals surface area contributed by atoms with E-state index in [1.54, 1.807) is 0 Å². The predicted octanol–water partition coefficient (Wildman–Crippen LogP) is 1.81. The summed E-state index contributed by atoms with van der Waals surface area (Å²) in [6, 6.07) is 0.918. The third-order valence-corrected chi connectivity index (χ3v) is 4.90. The van der Waals surface area contributed by atoms with E-state index in [0.29, 0.717) is 0 Å². The maximum absolute atomic E-state index is 3.31. The van der Waals surface area contributed by atoms with Crippen molar-refractivity contribution in [2.24, 2.45) is 5.92 Å². The van der Waals surface area contributed by atoms with Gasteiger partial charge in [-0.1, -0.05) is 0 Å². The number of hydrogen-bond acceptors (Lipinski definition) is 3. The molecule has 0 aromatic heterocycles. The lowest BCUT2D eigenvalue weighted by atomic mass is 9.95. The number of rotatable bonds is 3. The van der Waals surface area contributed by atoms with Gasteiger partial charge in [0.1, 0.15) is 0 Å². The molecule has 2 heterocycles. The first-order valence-electron chi connectivity index (χ1n) is 6.36. The molecule has 0 saturated carbocycles. The van der Waals surface area contributed by atoms with Gasteiger partial charge >= 0.3 is 0 Å². The number of nitrogens with zero attached hydrogens (tertiary/aromatic N) is 1. The molecule has 0 amide bonds. The largest absolute Gasteiger partial charge is 0.319 e. The zero-order valence-corrected chi connectivity index (χ0v) is 10.7. The summed E-state index contributed by atoms with van der Waals surface area (Å²) in [5.41, 5.74) is 0. The van der Waals surface area contributed by atoms with Gasteiger partial charge in [0, 0.05) is 6.04 Å². The van der Waals surface area contributed by atoms with E-state index in [-0.39, 0.29) is 0 Å². The number of piperidine rings is 1. The van der Waals surface area contributed by atoms with Crippen molar-refractivity contribution in [3.8, 4) is 0 Å². The molecule has 15 heavy (non-hydrogen) atoms. The Morgan fingerprint density at radius 3 is 2.40 bits per heavy atom. The highest BCUT2D eigenvalue weighted by molar-refractivity contribution is 7.99. The average molecular weight is 228 g/mol. The van der Waals surface area contributed by atoms with Crippen molar-refractivity contribution in [1.82, 2.24) is 10.2 Å². The van der Waals surface area contributed by atoms with Crippen molar-refractivity contribution in [2.45, 2.75) is 31.7 Å². The van der Waals surface area contributed by atoms with Gasteiger partial charge in [0.25, 0.3) is 0 Å². The first-order valence-corrected chi connectivity index (χ1v) is 7.52. The monoisotopic (exact) mass is 228 g/mol. The molecule has 2 rings (SSSR count). The Hall–Kier alpha value is 0.270. The predicted molar refractivity (Wildman–Crippen MR) is 68.6 cm³/mol. The normalized spacial score (nSPS) is 27.0. The van der Waals surface area contributed by atoms with E-state index >= 15 is 0 Å². The molecule has 0 unspecified atom stereocenters. The Bertz CT molecular complexity index is 172. The van der Waals surface area contributed by atoms with Gasteiger partial charge in [-0.2, -0.15) is 11.8 Å². The van der Waals surface area contributed by atoms with Crippen LogP contribution in [0.1, 0.15) is 25.7 Å². The average Bonchev–Trinajstić information content (AvgIpc) is 2.32. The van der Waals surface area contributed by atoms with E-state index in [1.807, 2.05) is 0 Å². The maximum atomic E-state index is 3.31. The Labute approximate surface area is 98.2 Å². The first kappa shape index (κ1) is 11.7. The summed E-state index contributed by atoms with van der Waals surface area (Å²) in [7, 11) is 2.07. The molecule has 2 saturated heterocycles. The second kappa shape index (κ2) is 6.12. The Kier molecular flexibility index (Phi) is 4.79. The molecule has 3 heteroatoms. The van der Waals surface area contributed by atoms with Gasteiger partial charge in [-0.15, -0.1) is 0 Å². The van der Waals surface area contributed by atoms with Crippen LogP contribution in [0.3, 0.4) is 0 Å². The fraction of sp³-hybridized carbons (Fsp3) is 1.00. The van der Waals surface area contributed by atoms with Gasteiger partial charge in [0.15, 0.2) is 0 Å². The van der Waals surface area contributed by atoms with E-state index in [4.69, 9.17) is 0 Å². The van der Waals surface area contributed by atoms with Crippen molar-refractivity contribution in [2.75, 3.05) is 38.2 Å². The molecule has 0 bridgehead atoms. The molecule has 0 aromatic rings. The van der Waals surface area contributed by atoms with Crippen LogP contribution in [0.4, 0.5) is 0 Å². The highest BCUT2D eigenvalue weighted by Gasteiger charge is 2.25. The fourth-order valence-corrected chi connectivity index (χ4v) is 3.94. The van der Waals surface area contributed by atoms with Gasteiger partial charge in [-0.25, -0.2) is 0 Å². The van der Waals surface area contributed by atoms with Crippen LogP contribution in [0.5, 0.6) is 0 Å². The zero-order chi connectivity index (χ0) is 10.5. The molecule has 0 spiro atoms. The Morgan fingerprint density at radius 1 is 1.13 bits per heavy atom. The van der Waals surface area contributed by atoms with Gasteiger partial charge < -0.3 is 10.2 Å². The molecular weight excluding hydrogens is 204 g/mol. The summed E-state index contributed by atoms with van der Waals surface area (Å²) in [6.07, 6.45) is 5.68. The summed E-state index contributed by atoms with van der Waals surface area (Å²) in [4.78, 5) is 2.76. The third kappa shape index (κ3) is 3.36. The molecule has 2 nitrogen and oxygen atoms in total. The number of likely N-dealkylation sites (tertiary alicyclic amines) is 1. The summed E-state index contributed by atoms with van der Waals surface area (Å²) in [5, 5.41) is 3.31. The quantitative estimate of drug-likeness (QED) is 0.793. The van der Waals surface area contributed by atoms with Crippen LogP contribution < -0.4 is 5.32 Å². The number of thioether (sulfide) groups is 1. The van der Waals surface area contributed by atoms with Crippen molar-refractivity contribution in [3.05, 3.63) is 0 Å². The minimum absolute atomic E-state index is 0.918. The van der Waals surface area contributed by atoms with Crippen LogP contribution in [0, 0.1) is 5.92 Å². The van der Waals surface area contributed by atoms with Gasteiger partial charge in [0.05, 0.1) is 0 Å². The lowest BCUT2D eigenvalue weighted by molar-refractivity contribution is 0.125. The molecule has 0 atom stereocenters. The molecular formula is C12H24N2S. The second-order valence-corrected chi connectivity index (χ2v) is 6.11. The van der Waals surface area contributed by atoms with Crippen LogP contribution in [0.2, 0.25) is 0 Å². The molecule has 2 aliphatic rings. The van der Waals surface area contributed by atoms with E-state index < -0.39 is 0 Å². The zero-order valence-electron chi connectivity index (χ0n) is 9.87. The first-order chi connectivity index (χ1) is 7.40. The smallest absolute Gasteiger partial charge is 0.0111 e. The van der Waals surface area contributed by atoms with Gasteiger partial charge in [0.2, 0.25) is 0 Å². The van der Waals surface area contributed by atoms with Crippen molar-refractivity contribution in [3.63, 3.8) is 0 Å².